The van der Waals surface area contributed by atoms with Gasteiger partial charge < -0.3 is 9.64 Å². The van der Waals surface area contributed by atoms with Crippen molar-refractivity contribution in [1.82, 2.24) is 0 Å². The Morgan fingerprint density at radius 2 is 0.983 bits per heavy atom. The number of ether oxygens (including phenoxy) is 1. The predicted molar refractivity (Wildman–Crippen MR) is 246 cm³/mol. The number of rotatable bonds is 4. The normalized spacial score (nSPS) is 17.1. The van der Waals surface area contributed by atoms with Gasteiger partial charge in [0.05, 0.1) is 11.1 Å². The first kappa shape index (κ1) is 33.8. The molecule has 1 heterocycles. The molecule has 1 fully saturated rings. The highest BCUT2D eigenvalue weighted by molar-refractivity contribution is 5.98. The van der Waals surface area contributed by atoms with Crippen molar-refractivity contribution in [3.8, 4) is 44.9 Å². The third-order valence-corrected chi connectivity index (χ3v) is 14.3. The summed E-state index contributed by atoms with van der Waals surface area (Å²) in [7, 11) is 0. The van der Waals surface area contributed by atoms with Crippen molar-refractivity contribution in [2.75, 3.05) is 4.90 Å². The fourth-order valence-electron chi connectivity index (χ4n) is 11.8. The first-order valence-electron chi connectivity index (χ1n) is 21.5. The molecule has 1 unspecified atom stereocenters. The lowest BCUT2D eigenvalue weighted by atomic mass is 9.65. The third-order valence-electron chi connectivity index (χ3n) is 14.3. The van der Waals surface area contributed by atoms with Crippen LogP contribution in [0.5, 0.6) is 11.5 Å². The zero-order chi connectivity index (χ0) is 39.4. The van der Waals surface area contributed by atoms with E-state index in [9.17, 15) is 0 Å². The Labute approximate surface area is 351 Å². The molecule has 4 aliphatic rings. The molecule has 3 aliphatic carbocycles. The summed E-state index contributed by atoms with van der Waals surface area (Å²) in [4.78, 5) is 2.54. The van der Waals surface area contributed by atoms with Crippen LogP contribution in [0.25, 0.3) is 44.2 Å². The van der Waals surface area contributed by atoms with E-state index in [1.54, 1.807) is 0 Å². The van der Waals surface area contributed by atoms with E-state index >= 15 is 0 Å². The summed E-state index contributed by atoms with van der Waals surface area (Å²) in [6.45, 7) is 0. The Bertz CT molecular complexity index is 3210. The van der Waals surface area contributed by atoms with Crippen LogP contribution in [0.3, 0.4) is 0 Å². The quantitative estimate of drug-likeness (QED) is 0.177. The van der Waals surface area contributed by atoms with Gasteiger partial charge in [-0.15, -0.1) is 0 Å². The van der Waals surface area contributed by atoms with Crippen LogP contribution in [0.4, 0.5) is 17.1 Å². The van der Waals surface area contributed by atoms with Gasteiger partial charge in [0.1, 0.15) is 11.5 Å². The van der Waals surface area contributed by atoms with Crippen molar-refractivity contribution in [3.63, 3.8) is 0 Å². The van der Waals surface area contributed by atoms with E-state index in [0.717, 1.165) is 28.3 Å². The predicted octanol–water partition coefficient (Wildman–Crippen LogP) is 15.3. The summed E-state index contributed by atoms with van der Waals surface area (Å²) >= 11 is 0. The molecule has 0 aromatic heterocycles. The molecular formula is C58H41NO. The van der Waals surface area contributed by atoms with Gasteiger partial charge >= 0.3 is 0 Å². The molecule has 1 atom stereocenters. The molecule has 9 aromatic carbocycles. The Kier molecular flexibility index (Phi) is 7.13. The fraction of sp³-hybridized carbons (Fsp3) is 0.103. The average Bonchev–Trinajstić information content (AvgIpc) is 4.00. The van der Waals surface area contributed by atoms with E-state index in [2.05, 4.69) is 205 Å². The van der Waals surface area contributed by atoms with E-state index in [1.807, 2.05) is 0 Å². The van der Waals surface area contributed by atoms with Gasteiger partial charge in [-0.2, -0.15) is 0 Å². The highest BCUT2D eigenvalue weighted by Crippen LogP contribution is 2.64. The van der Waals surface area contributed by atoms with Crippen molar-refractivity contribution in [1.29, 1.82) is 0 Å². The molecule has 1 saturated carbocycles. The monoisotopic (exact) mass is 767 g/mol. The number of benzene rings is 9. The Hall–Kier alpha value is -7.16. The molecule has 0 N–H and O–H groups in total. The van der Waals surface area contributed by atoms with E-state index in [-0.39, 0.29) is 5.41 Å². The van der Waals surface area contributed by atoms with Gasteiger partial charge in [-0.05, 0) is 105 Å². The average molecular weight is 768 g/mol. The number of hydrogen-bond acceptors (Lipinski definition) is 2. The maximum absolute atomic E-state index is 6.99. The highest BCUT2D eigenvalue weighted by Gasteiger charge is 2.52. The van der Waals surface area contributed by atoms with Gasteiger partial charge in [-0.1, -0.05) is 177 Å². The van der Waals surface area contributed by atoms with Crippen LogP contribution in [-0.2, 0) is 10.8 Å². The Morgan fingerprint density at radius 3 is 1.78 bits per heavy atom. The summed E-state index contributed by atoms with van der Waals surface area (Å²) < 4.78 is 6.99. The smallest absolute Gasteiger partial charge is 0.140 e. The van der Waals surface area contributed by atoms with Gasteiger partial charge in [-0.25, -0.2) is 0 Å². The minimum atomic E-state index is -0.603. The first-order valence-corrected chi connectivity index (χ1v) is 21.5. The van der Waals surface area contributed by atoms with Crippen molar-refractivity contribution >= 4 is 27.8 Å². The van der Waals surface area contributed by atoms with Crippen LogP contribution >= 0.6 is 0 Å². The van der Waals surface area contributed by atoms with E-state index < -0.39 is 5.41 Å². The van der Waals surface area contributed by atoms with Crippen LogP contribution in [0.1, 0.15) is 59.1 Å². The fourth-order valence-corrected chi connectivity index (χ4v) is 11.8. The maximum atomic E-state index is 6.99. The highest BCUT2D eigenvalue weighted by atomic mass is 16.5. The van der Waals surface area contributed by atoms with E-state index in [4.69, 9.17) is 4.74 Å². The molecule has 1 aliphatic heterocycles. The molecule has 284 valence electrons. The minimum absolute atomic E-state index is 0.0501. The minimum Gasteiger partial charge on any atom is -0.456 e. The molecule has 0 bridgehead atoms. The third kappa shape index (κ3) is 4.48. The SMILES string of the molecule is c1ccc(-c2ccccc2N(c2ccc3c(c2)C2(CCCC2)c2ccccc2-3)c2ccc3c(c2)C2(c4ccccc4Oc4c2ccc2ccccc42)c2ccccc2-3)cc1. The topological polar surface area (TPSA) is 12.5 Å². The molecule has 9 aromatic rings. The summed E-state index contributed by atoms with van der Waals surface area (Å²) in [6, 6.07) is 74.6. The van der Waals surface area contributed by atoms with Gasteiger partial charge in [0.2, 0.25) is 0 Å². The maximum Gasteiger partial charge on any atom is 0.140 e. The number of fused-ring (bicyclic) bond motifs is 16. The second-order valence-corrected chi connectivity index (χ2v) is 17.1. The molecule has 13 rings (SSSR count). The first-order chi connectivity index (χ1) is 29.7. The van der Waals surface area contributed by atoms with Crippen molar-refractivity contribution in [2.45, 2.75) is 36.5 Å². The zero-order valence-electron chi connectivity index (χ0n) is 33.2. The van der Waals surface area contributed by atoms with Gasteiger partial charge in [0.25, 0.3) is 0 Å². The van der Waals surface area contributed by atoms with Crippen LogP contribution < -0.4 is 9.64 Å². The number of hydrogen-bond donors (Lipinski definition) is 0. The lowest BCUT2D eigenvalue weighted by molar-refractivity contribution is 0.441. The summed E-state index contributed by atoms with van der Waals surface area (Å²) in [5.74, 6) is 1.84. The summed E-state index contributed by atoms with van der Waals surface area (Å²) in [5.41, 5.74) is 18.5. The number of anilines is 3. The zero-order valence-corrected chi connectivity index (χ0v) is 33.2. The van der Waals surface area contributed by atoms with Crippen molar-refractivity contribution < 1.29 is 4.74 Å². The molecular weight excluding hydrogens is 727 g/mol. The van der Waals surface area contributed by atoms with E-state index in [0.29, 0.717) is 0 Å². The molecule has 2 spiro atoms. The van der Waals surface area contributed by atoms with Gasteiger partial charge in [0, 0.05) is 38.9 Å². The molecule has 0 saturated heterocycles. The van der Waals surface area contributed by atoms with Crippen LogP contribution in [0, 0.1) is 0 Å². The van der Waals surface area contributed by atoms with Crippen LogP contribution in [0.2, 0.25) is 0 Å². The molecule has 2 heteroatoms. The molecule has 0 radical (unpaired) electrons. The molecule has 2 nitrogen and oxygen atoms in total. The second kappa shape index (κ2) is 12.7. The summed E-state index contributed by atoms with van der Waals surface area (Å²) in [5, 5.41) is 2.30. The lowest BCUT2D eigenvalue weighted by Gasteiger charge is -2.40. The summed E-state index contributed by atoms with van der Waals surface area (Å²) in [6.07, 6.45) is 4.90. The van der Waals surface area contributed by atoms with Crippen LogP contribution in [-0.4, -0.2) is 0 Å². The van der Waals surface area contributed by atoms with E-state index in [1.165, 1.54) is 104 Å². The Morgan fingerprint density at radius 1 is 0.400 bits per heavy atom. The largest absolute Gasteiger partial charge is 0.456 e. The Balaban J connectivity index is 1.10. The molecule has 60 heavy (non-hydrogen) atoms. The van der Waals surface area contributed by atoms with Crippen molar-refractivity contribution in [2.24, 2.45) is 0 Å². The standard InChI is InChI=1S/C58H41NO/c1-2-16-38(17-3-1)42-19-8-12-26-54(42)59(40-29-31-46-44-21-6-9-23-48(44)57(52(46)36-40)34-14-15-35-57)41-30-32-47-45-22-7-10-24-49(45)58(53(47)37-41)50-25-11-13-27-55(50)60-56-43-20-5-4-18-39(43)28-33-51(56)58/h1-13,16-33,36-37H,14-15,34-35H2. The van der Waals surface area contributed by atoms with Crippen LogP contribution in [0.15, 0.2) is 200 Å². The lowest BCUT2D eigenvalue weighted by Crippen LogP contribution is -2.32. The van der Waals surface area contributed by atoms with Crippen molar-refractivity contribution in [3.05, 3.63) is 234 Å². The number of para-hydroxylation sites is 2. The second-order valence-electron chi connectivity index (χ2n) is 17.1. The van der Waals surface area contributed by atoms with Gasteiger partial charge in [-0.3, -0.25) is 0 Å². The van der Waals surface area contributed by atoms with Gasteiger partial charge in [0.15, 0.2) is 0 Å². The molecule has 0 amide bonds. The number of nitrogens with zero attached hydrogens (tertiary/aromatic N) is 1.